The zero-order valence-corrected chi connectivity index (χ0v) is 22.5. The van der Waals surface area contributed by atoms with Gasteiger partial charge in [-0.15, -0.1) is 24.0 Å². The molecule has 0 radical (unpaired) electrons. The highest BCUT2D eigenvalue weighted by Crippen LogP contribution is 2.26. The Morgan fingerprint density at radius 2 is 1.91 bits per heavy atom. The number of nitrogens with zero attached hydrogens (tertiary/aromatic N) is 1. The molecule has 33 heavy (non-hydrogen) atoms. The van der Waals surface area contributed by atoms with E-state index in [-0.39, 0.29) is 36.0 Å². The highest BCUT2D eigenvalue weighted by atomic mass is 127. The molecule has 2 aliphatic rings. The molecular formula is C25H41IN4O3. The van der Waals surface area contributed by atoms with Crippen molar-refractivity contribution >= 4 is 35.8 Å². The molecule has 1 heterocycles. The summed E-state index contributed by atoms with van der Waals surface area (Å²) in [5.41, 5.74) is 2.22. The molecule has 1 saturated heterocycles. The summed E-state index contributed by atoms with van der Waals surface area (Å²) >= 11 is 0. The van der Waals surface area contributed by atoms with Crippen molar-refractivity contribution in [1.82, 2.24) is 16.0 Å². The van der Waals surface area contributed by atoms with Gasteiger partial charge in [-0.25, -0.2) is 4.99 Å². The number of aliphatic imine (C=N–C) groups is 1. The molecule has 1 unspecified atom stereocenters. The van der Waals surface area contributed by atoms with Crippen LogP contribution in [-0.4, -0.2) is 50.8 Å². The van der Waals surface area contributed by atoms with Gasteiger partial charge in [0.2, 0.25) is 5.91 Å². The number of nitrogens with one attached hydrogen (secondary N) is 3. The number of ether oxygens (including phenoxy) is 2. The first-order valence-electron chi connectivity index (χ1n) is 12.3. The van der Waals surface area contributed by atoms with Gasteiger partial charge >= 0.3 is 0 Å². The maximum atomic E-state index is 12.2. The van der Waals surface area contributed by atoms with E-state index in [0.717, 1.165) is 36.8 Å². The topological polar surface area (TPSA) is 84.0 Å². The zero-order valence-electron chi connectivity index (χ0n) is 20.2. The van der Waals surface area contributed by atoms with Gasteiger partial charge in [0.15, 0.2) is 5.96 Å². The molecule has 0 aromatic heterocycles. The third kappa shape index (κ3) is 10.1. The maximum absolute atomic E-state index is 12.2. The molecule has 1 amide bonds. The first kappa shape index (κ1) is 27.7. The van der Waals surface area contributed by atoms with Crippen LogP contribution in [0.15, 0.2) is 23.2 Å². The van der Waals surface area contributed by atoms with Crippen molar-refractivity contribution in [3.05, 3.63) is 29.3 Å². The Kier molecular flexibility index (Phi) is 12.9. The van der Waals surface area contributed by atoms with E-state index in [1.807, 2.05) is 6.92 Å². The van der Waals surface area contributed by atoms with Crippen LogP contribution in [0.5, 0.6) is 5.75 Å². The van der Waals surface area contributed by atoms with Gasteiger partial charge in [0.05, 0.1) is 19.8 Å². The molecule has 1 atom stereocenters. The quantitative estimate of drug-likeness (QED) is 0.171. The maximum Gasteiger partial charge on any atom is 0.220 e. The first-order chi connectivity index (χ1) is 15.6. The van der Waals surface area contributed by atoms with E-state index in [1.54, 1.807) is 0 Å². The number of guanidine groups is 1. The Hall–Kier alpha value is -1.55. The number of rotatable bonds is 10. The Morgan fingerprint density at radius 3 is 2.64 bits per heavy atom. The van der Waals surface area contributed by atoms with Crippen molar-refractivity contribution in [2.75, 3.05) is 32.8 Å². The SMILES string of the molecule is CCNC(=NCc1ccc(C)cc1OC1CCOC1)NCCNC(=O)CC1CCCCC1.I. The molecule has 1 aliphatic carbocycles. The number of carbonyl (C=O) groups is 1. The molecule has 3 N–H and O–H groups in total. The standard InChI is InChI=1S/C25H40N4O3.HI/c1-3-26-25(28-13-12-27-24(30)16-20-7-5-4-6-8-20)29-17-21-10-9-19(2)15-23(21)32-22-11-14-31-18-22;/h9-10,15,20,22H,3-8,11-14,16-18H2,1-2H3,(H,27,30)(H2,26,28,29);1H. The number of halogens is 1. The van der Waals surface area contributed by atoms with Crippen molar-refractivity contribution in [3.8, 4) is 5.75 Å². The van der Waals surface area contributed by atoms with Gasteiger partial charge in [0.25, 0.3) is 0 Å². The fourth-order valence-corrected chi connectivity index (χ4v) is 4.30. The lowest BCUT2D eigenvalue weighted by molar-refractivity contribution is -0.122. The van der Waals surface area contributed by atoms with E-state index >= 15 is 0 Å². The second kappa shape index (κ2) is 15.4. The van der Waals surface area contributed by atoms with E-state index in [4.69, 9.17) is 14.5 Å². The summed E-state index contributed by atoms with van der Waals surface area (Å²) in [5.74, 6) is 2.36. The van der Waals surface area contributed by atoms with Crippen LogP contribution in [0.4, 0.5) is 0 Å². The summed E-state index contributed by atoms with van der Waals surface area (Å²) in [6.45, 7) is 8.05. The number of aryl methyl sites for hydroxylation is 1. The van der Waals surface area contributed by atoms with Crippen LogP contribution in [0, 0.1) is 12.8 Å². The van der Waals surface area contributed by atoms with Gasteiger partial charge in [0, 0.05) is 38.0 Å². The minimum atomic E-state index is 0. The minimum Gasteiger partial charge on any atom is -0.488 e. The van der Waals surface area contributed by atoms with Crippen molar-refractivity contribution in [2.45, 2.75) is 71.4 Å². The van der Waals surface area contributed by atoms with Crippen molar-refractivity contribution in [2.24, 2.45) is 10.9 Å². The number of hydrogen-bond acceptors (Lipinski definition) is 4. The zero-order chi connectivity index (χ0) is 22.6. The van der Waals surface area contributed by atoms with Crippen molar-refractivity contribution in [1.29, 1.82) is 0 Å². The van der Waals surface area contributed by atoms with E-state index in [9.17, 15) is 4.79 Å². The summed E-state index contributed by atoms with van der Waals surface area (Å²) in [6.07, 6.45) is 7.95. The second-order valence-corrected chi connectivity index (χ2v) is 8.89. The summed E-state index contributed by atoms with van der Waals surface area (Å²) in [5, 5.41) is 9.63. The smallest absolute Gasteiger partial charge is 0.220 e. The van der Waals surface area contributed by atoms with Gasteiger partial charge in [0.1, 0.15) is 11.9 Å². The van der Waals surface area contributed by atoms with Crippen LogP contribution < -0.4 is 20.7 Å². The van der Waals surface area contributed by atoms with Crippen LogP contribution >= 0.6 is 24.0 Å². The van der Waals surface area contributed by atoms with Crippen molar-refractivity contribution < 1.29 is 14.3 Å². The molecule has 3 rings (SSSR count). The lowest BCUT2D eigenvalue weighted by Gasteiger charge is -2.21. The van der Waals surface area contributed by atoms with Crippen LogP contribution in [0.2, 0.25) is 0 Å². The highest BCUT2D eigenvalue weighted by Gasteiger charge is 2.19. The fourth-order valence-electron chi connectivity index (χ4n) is 4.30. The Balaban J connectivity index is 0.00000385. The Bertz CT molecular complexity index is 747. The first-order valence-corrected chi connectivity index (χ1v) is 12.3. The molecule has 2 fully saturated rings. The van der Waals surface area contributed by atoms with Crippen LogP contribution in [0.3, 0.4) is 0 Å². The van der Waals surface area contributed by atoms with Gasteiger partial charge < -0.3 is 25.4 Å². The fraction of sp³-hybridized carbons (Fsp3) is 0.680. The summed E-state index contributed by atoms with van der Waals surface area (Å²) in [4.78, 5) is 16.9. The summed E-state index contributed by atoms with van der Waals surface area (Å²) in [7, 11) is 0. The molecule has 0 bridgehead atoms. The largest absolute Gasteiger partial charge is 0.488 e. The molecule has 1 aliphatic heterocycles. The molecule has 7 nitrogen and oxygen atoms in total. The molecule has 1 aromatic rings. The van der Waals surface area contributed by atoms with Gasteiger partial charge in [-0.05, 0) is 44.2 Å². The minimum absolute atomic E-state index is 0. The lowest BCUT2D eigenvalue weighted by Crippen LogP contribution is -2.41. The normalized spacial score (nSPS) is 19.0. The van der Waals surface area contributed by atoms with Gasteiger partial charge in [-0.2, -0.15) is 0 Å². The van der Waals surface area contributed by atoms with Crippen LogP contribution in [-0.2, 0) is 16.1 Å². The summed E-state index contributed by atoms with van der Waals surface area (Å²) in [6, 6.07) is 6.25. The third-order valence-electron chi connectivity index (χ3n) is 6.09. The second-order valence-electron chi connectivity index (χ2n) is 8.89. The number of benzene rings is 1. The van der Waals surface area contributed by atoms with Crippen LogP contribution in [0.25, 0.3) is 0 Å². The molecule has 0 spiro atoms. The molecule has 8 heteroatoms. The number of amides is 1. The third-order valence-corrected chi connectivity index (χ3v) is 6.09. The monoisotopic (exact) mass is 572 g/mol. The molecule has 1 saturated carbocycles. The average Bonchev–Trinajstić information content (AvgIpc) is 3.30. The van der Waals surface area contributed by atoms with E-state index < -0.39 is 0 Å². The molecule has 1 aromatic carbocycles. The average molecular weight is 573 g/mol. The number of carbonyl (C=O) groups excluding carboxylic acids is 1. The predicted molar refractivity (Wildman–Crippen MR) is 143 cm³/mol. The van der Waals surface area contributed by atoms with E-state index in [1.165, 1.54) is 37.7 Å². The Morgan fingerprint density at radius 1 is 1.12 bits per heavy atom. The molecule has 186 valence electrons. The predicted octanol–water partition coefficient (Wildman–Crippen LogP) is 3.92. The van der Waals surface area contributed by atoms with E-state index in [2.05, 4.69) is 41.1 Å². The highest BCUT2D eigenvalue weighted by molar-refractivity contribution is 14.0. The van der Waals surface area contributed by atoms with Crippen LogP contribution in [0.1, 0.15) is 63.0 Å². The number of hydrogen-bond donors (Lipinski definition) is 3. The van der Waals surface area contributed by atoms with Crippen molar-refractivity contribution in [3.63, 3.8) is 0 Å². The van der Waals surface area contributed by atoms with Gasteiger partial charge in [-0.3, -0.25) is 4.79 Å². The molecular weight excluding hydrogens is 531 g/mol. The van der Waals surface area contributed by atoms with E-state index in [0.29, 0.717) is 38.6 Å². The van der Waals surface area contributed by atoms with Gasteiger partial charge in [-0.1, -0.05) is 31.4 Å². The Labute approximate surface area is 215 Å². The lowest BCUT2D eigenvalue weighted by atomic mass is 9.87. The summed E-state index contributed by atoms with van der Waals surface area (Å²) < 4.78 is 11.6.